The molecular formula is C24H45N2Na2O9S+. The Hall–Kier alpha value is -0.120. The van der Waals surface area contributed by atoms with Crippen LogP contribution in [0.3, 0.4) is 0 Å². The molecule has 0 spiro atoms. The van der Waals surface area contributed by atoms with Gasteiger partial charge in [0.1, 0.15) is 6.20 Å². The van der Waals surface area contributed by atoms with E-state index in [1.54, 1.807) is 13.1 Å². The summed E-state index contributed by atoms with van der Waals surface area (Å²) in [4.78, 5) is 24.9. The van der Waals surface area contributed by atoms with E-state index < -0.39 is 35.2 Å². The predicted octanol–water partition coefficient (Wildman–Crippen LogP) is 2.92. The molecule has 2 atom stereocenters. The molecule has 11 nitrogen and oxygen atoms in total. The number of hydrogen-bond acceptors (Lipinski definition) is 8. The zero-order chi connectivity index (χ0) is 27.3. The van der Waals surface area contributed by atoms with Gasteiger partial charge < -0.3 is 14.9 Å². The van der Waals surface area contributed by atoms with Gasteiger partial charge in [-0.1, -0.05) is 70.8 Å². The van der Waals surface area contributed by atoms with Crippen LogP contribution in [0.4, 0.5) is 0 Å². The summed E-state index contributed by atoms with van der Waals surface area (Å²) < 4.78 is 36.4. The first kappa shape index (κ1) is 42.3. The van der Waals surface area contributed by atoms with Crippen molar-refractivity contribution in [2.24, 2.45) is 4.99 Å². The van der Waals surface area contributed by atoms with E-state index in [0.717, 1.165) is 19.3 Å². The standard InChI is InChI=1S/C15H30O4S.C9H12N2O5.2Na.2H/c1-3-5-6-7-8-9-10-11-12-13-15-19-20(16,17)18-14-4-2;1-7(16-5-9(14)15)11(4-8(12)13)3-2-10-6-11;;;;/h4H,2-3,5-15H2,1H3;2-3,6-7H,4-5H2,1H3,(H-,12,13,14,15);;;;/p+1. The van der Waals surface area contributed by atoms with Crippen LogP contribution in [0, 0.1) is 0 Å². The molecule has 0 saturated heterocycles. The molecule has 0 radical (unpaired) electrons. The van der Waals surface area contributed by atoms with Crippen LogP contribution in [0.1, 0.15) is 78.1 Å². The van der Waals surface area contributed by atoms with E-state index in [0.29, 0.717) is 0 Å². The summed E-state index contributed by atoms with van der Waals surface area (Å²) in [7, 11) is -3.83. The van der Waals surface area contributed by atoms with Gasteiger partial charge in [0, 0.05) is 6.92 Å². The Labute approximate surface area is 272 Å². The van der Waals surface area contributed by atoms with Crippen molar-refractivity contribution in [3.8, 4) is 0 Å². The zero-order valence-electron chi connectivity index (χ0n) is 21.5. The topological polar surface area (TPSA) is 149 Å². The number of ether oxygens (including phenoxy) is 1. The molecule has 0 aliphatic carbocycles. The fraction of sp³-hybridized carbons (Fsp3) is 0.708. The molecule has 0 amide bonds. The molecule has 38 heavy (non-hydrogen) atoms. The molecule has 0 fully saturated rings. The minimum atomic E-state index is -3.83. The molecule has 2 unspecified atom stereocenters. The fourth-order valence-electron chi connectivity index (χ4n) is 3.28. The van der Waals surface area contributed by atoms with Gasteiger partial charge in [0.2, 0.25) is 6.23 Å². The second-order valence-corrected chi connectivity index (χ2v) is 9.69. The Morgan fingerprint density at radius 2 is 1.53 bits per heavy atom. The van der Waals surface area contributed by atoms with E-state index >= 15 is 0 Å². The monoisotopic (exact) mass is 583 g/mol. The van der Waals surface area contributed by atoms with Gasteiger partial charge >= 0.3 is 81.5 Å². The summed E-state index contributed by atoms with van der Waals surface area (Å²) in [5, 5.41) is 17.3. The molecule has 0 saturated carbocycles. The Bertz CT molecular complexity index is 797. The summed E-state index contributed by atoms with van der Waals surface area (Å²) in [6.45, 7) is 6.67. The number of hydrogen-bond donors (Lipinski definition) is 2. The normalized spacial score (nSPS) is 16.5. The van der Waals surface area contributed by atoms with Crippen LogP contribution in [0.2, 0.25) is 0 Å². The van der Waals surface area contributed by atoms with Crippen molar-refractivity contribution in [1.82, 2.24) is 0 Å². The number of aliphatic imine (C=N–C) groups is 1. The number of quaternary nitrogens is 1. The summed E-state index contributed by atoms with van der Waals surface area (Å²) in [5.41, 5.74) is 0. The van der Waals surface area contributed by atoms with E-state index in [1.165, 1.54) is 63.6 Å². The van der Waals surface area contributed by atoms with Crippen LogP contribution >= 0.6 is 0 Å². The Balaban J connectivity index is -0.000000624. The van der Waals surface area contributed by atoms with E-state index in [9.17, 15) is 18.0 Å². The Morgan fingerprint density at radius 3 is 1.97 bits per heavy atom. The predicted molar refractivity (Wildman–Crippen MR) is 151 cm³/mol. The fourth-order valence-corrected chi connectivity index (χ4v) is 3.93. The van der Waals surface area contributed by atoms with Crippen LogP contribution < -0.4 is 0 Å². The zero-order valence-corrected chi connectivity index (χ0v) is 22.4. The number of aliphatic carboxylic acids is 2. The first-order chi connectivity index (χ1) is 17.1. The van der Waals surface area contributed by atoms with Crippen molar-refractivity contribution >= 4 is 87.8 Å². The quantitative estimate of drug-likeness (QED) is 0.0900. The van der Waals surface area contributed by atoms with Gasteiger partial charge in [-0.25, -0.2) is 27.4 Å². The van der Waals surface area contributed by atoms with Crippen LogP contribution in [0.25, 0.3) is 0 Å². The molecule has 0 aromatic carbocycles. The molecule has 0 aromatic heterocycles. The van der Waals surface area contributed by atoms with E-state index in [-0.39, 0.29) is 83.4 Å². The first-order valence-corrected chi connectivity index (χ1v) is 13.7. The summed E-state index contributed by atoms with van der Waals surface area (Å²) in [6.07, 6.45) is 17.3. The van der Waals surface area contributed by atoms with Gasteiger partial charge in [-0.2, -0.15) is 8.42 Å². The van der Waals surface area contributed by atoms with Gasteiger partial charge in [-0.3, -0.25) is 0 Å². The molecule has 212 valence electrons. The number of unbranched alkanes of at least 4 members (excludes halogenated alkanes) is 9. The third-order valence-electron chi connectivity index (χ3n) is 5.30. The van der Waals surface area contributed by atoms with Crippen molar-refractivity contribution in [3.05, 3.63) is 25.1 Å². The van der Waals surface area contributed by atoms with Crippen molar-refractivity contribution < 1.29 is 45.8 Å². The van der Waals surface area contributed by atoms with Gasteiger partial charge in [0.15, 0.2) is 19.5 Å². The molecule has 1 heterocycles. The number of carboxylic acids is 2. The van der Waals surface area contributed by atoms with E-state index in [1.807, 2.05) is 0 Å². The molecule has 2 N–H and O–H groups in total. The average molecular weight is 584 g/mol. The number of rotatable bonds is 21. The van der Waals surface area contributed by atoms with Crippen molar-refractivity contribution in [2.45, 2.75) is 84.3 Å². The van der Waals surface area contributed by atoms with Crippen LogP contribution in [0.5, 0.6) is 0 Å². The van der Waals surface area contributed by atoms with Crippen molar-refractivity contribution in [2.75, 3.05) is 26.4 Å². The SMILES string of the molecule is C=CCOS(=O)(=O)OCCCCCCCCCCCC.CC(OCC(=O)O)[N+]1(CC(=O)O)C=CN=C1.[NaH].[NaH]. The summed E-state index contributed by atoms with van der Waals surface area (Å²) >= 11 is 0. The number of nitrogens with zero attached hydrogens (tertiary/aromatic N) is 2. The van der Waals surface area contributed by atoms with Gasteiger partial charge in [0.25, 0.3) is 0 Å². The Morgan fingerprint density at radius 1 is 0.974 bits per heavy atom. The third kappa shape index (κ3) is 22.7. The Kier molecular flexibility index (Phi) is 28.8. The molecule has 1 aliphatic heterocycles. The third-order valence-corrected chi connectivity index (χ3v) is 6.18. The molecule has 0 aromatic rings. The van der Waals surface area contributed by atoms with Crippen LogP contribution in [-0.2, 0) is 33.1 Å². The van der Waals surface area contributed by atoms with Crippen LogP contribution in [-0.4, -0.2) is 133 Å². The minimum absolute atomic E-state index is 0. The van der Waals surface area contributed by atoms with E-state index in [4.69, 9.17) is 19.1 Å². The van der Waals surface area contributed by atoms with Crippen molar-refractivity contribution in [1.29, 1.82) is 0 Å². The number of carboxylic acid groups (broad SMARTS) is 2. The van der Waals surface area contributed by atoms with Crippen molar-refractivity contribution in [3.63, 3.8) is 0 Å². The second-order valence-electron chi connectivity index (χ2n) is 8.40. The van der Waals surface area contributed by atoms with Gasteiger partial charge in [-0.15, -0.1) is 6.58 Å². The number of carbonyl (C=O) groups is 2. The first-order valence-electron chi connectivity index (χ1n) is 12.4. The van der Waals surface area contributed by atoms with Gasteiger partial charge in [-0.05, 0) is 6.42 Å². The summed E-state index contributed by atoms with van der Waals surface area (Å²) in [6, 6.07) is 0. The maximum absolute atomic E-state index is 11.2. The molecule has 14 heteroatoms. The molecule has 0 bridgehead atoms. The average Bonchev–Trinajstić information content (AvgIpc) is 3.29. The maximum atomic E-state index is 11.2. The molecular weight excluding hydrogens is 538 g/mol. The molecule has 1 aliphatic rings. The summed E-state index contributed by atoms with van der Waals surface area (Å²) in [5.74, 6) is -2.11. The second kappa shape index (κ2) is 25.8. The van der Waals surface area contributed by atoms with E-state index in [2.05, 4.69) is 22.7 Å². The van der Waals surface area contributed by atoms with Crippen LogP contribution in [0.15, 0.2) is 30.0 Å². The van der Waals surface area contributed by atoms with Gasteiger partial charge in [0.05, 0.1) is 19.4 Å². The molecule has 1 rings (SSSR count).